The fraction of sp³-hybridized carbons (Fsp3) is 0.957. The average molecular weight is 369 g/mol. The Balaban J connectivity index is 5.82. The van der Waals surface area contributed by atoms with Gasteiger partial charge >= 0.3 is 5.96 Å². The van der Waals surface area contributed by atoms with Gasteiger partial charge in [-0.25, -0.2) is 0 Å². The number of hydrogen-bond acceptors (Lipinski definition) is 0. The van der Waals surface area contributed by atoms with E-state index in [2.05, 4.69) is 55.9 Å². The minimum Gasteiger partial charge on any atom is -0.265 e. The van der Waals surface area contributed by atoms with E-state index in [0.717, 1.165) is 0 Å². The van der Waals surface area contributed by atoms with Crippen LogP contribution in [0.5, 0.6) is 0 Å². The second-order valence-electron chi connectivity index (χ2n) is 7.68. The van der Waals surface area contributed by atoms with Crippen molar-refractivity contribution in [3.63, 3.8) is 0 Å². The first-order valence-electron chi connectivity index (χ1n) is 11.8. The summed E-state index contributed by atoms with van der Waals surface area (Å²) in [7, 11) is 0. The summed E-state index contributed by atoms with van der Waals surface area (Å²) in [6.45, 7) is 21.2. The molecule has 0 aliphatic carbocycles. The molecular formula is C23H50N3+. The van der Waals surface area contributed by atoms with Gasteiger partial charge in [0.25, 0.3) is 0 Å². The summed E-state index contributed by atoms with van der Waals surface area (Å²) >= 11 is 0. The molecule has 0 amide bonds. The highest BCUT2D eigenvalue weighted by Crippen LogP contribution is 2.10. The molecule has 3 heteroatoms. The average Bonchev–Trinajstić information content (AvgIpc) is 2.65. The number of unbranched alkanes of at least 4 members (excludes halogenated alkanes) is 4. The standard InChI is InChI=1S/C23H50N3/c1-7-13-19-25(20-14-8-2)23(24(17-11-5)18-12-6)26(21-15-9-3)22-16-10-4/h7-22H2,1-6H3/q+1. The Hall–Kier alpha value is -0.730. The Kier molecular flexibility index (Phi) is 17.2. The van der Waals surface area contributed by atoms with E-state index in [4.69, 9.17) is 0 Å². The molecule has 26 heavy (non-hydrogen) atoms. The Bertz CT molecular complexity index is 292. The van der Waals surface area contributed by atoms with Crippen LogP contribution in [-0.4, -0.2) is 59.6 Å². The Morgan fingerprint density at radius 1 is 0.500 bits per heavy atom. The third kappa shape index (κ3) is 10.4. The molecule has 0 heterocycles. The maximum Gasteiger partial charge on any atom is 0.350 e. The van der Waals surface area contributed by atoms with Gasteiger partial charge in [-0.15, -0.1) is 0 Å². The van der Waals surface area contributed by atoms with E-state index in [1.54, 1.807) is 5.96 Å². The van der Waals surface area contributed by atoms with Crippen LogP contribution in [0.3, 0.4) is 0 Å². The molecule has 0 aliphatic rings. The molecule has 0 spiro atoms. The van der Waals surface area contributed by atoms with Gasteiger partial charge in [0.05, 0.1) is 39.3 Å². The van der Waals surface area contributed by atoms with Gasteiger partial charge in [-0.1, -0.05) is 67.2 Å². The first kappa shape index (κ1) is 25.3. The maximum absolute atomic E-state index is 2.74. The fourth-order valence-corrected chi connectivity index (χ4v) is 3.47. The van der Waals surface area contributed by atoms with Crippen LogP contribution in [0, 0.1) is 0 Å². The van der Waals surface area contributed by atoms with E-state index in [1.807, 2.05) is 0 Å². The SMILES string of the molecule is CCCCN(CCCC)C(N(CCCC)CCCC)=[N+](CCC)CCC. The minimum atomic E-state index is 1.19. The maximum atomic E-state index is 2.74. The van der Waals surface area contributed by atoms with Crippen molar-refractivity contribution in [1.29, 1.82) is 0 Å². The lowest BCUT2D eigenvalue weighted by atomic mass is 10.2. The van der Waals surface area contributed by atoms with Crippen LogP contribution in [0.25, 0.3) is 0 Å². The van der Waals surface area contributed by atoms with Crippen LogP contribution >= 0.6 is 0 Å². The summed E-state index contributed by atoms with van der Waals surface area (Å²) < 4.78 is 2.70. The van der Waals surface area contributed by atoms with Crippen LogP contribution in [0.1, 0.15) is 106 Å². The van der Waals surface area contributed by atoms with E-state index in [1.165, 1.54) is 103 Å². The van der Waals surface area contributed by atoms with E-state index >= 15 is 0 Å². The summed E-state index contributed by atoms with van der Waals surface area (Å²) in [5, 5.41) is 0. The lowest BCUT2D eigenvalue weighted by Crippen LogP contribution is -2.51. The third-order valence-electron chi connectivity index (χ3n) is 4.96. The van der Waals surface area contributed by atoms with Crippen LogP contribution in [0.4, 0.5) is 0 Å². The van der Waals surface area contributed by atoms with Crippen molar-refractivity contribution in [2.24, 2.45) is 0 Å². The molecular weight excluding hydrogens is 318 g/mol. The molecule has 0 radical (unpaired) electrons. The summed E-state index contributed by atoms with van der Waals surface area (Å²) in [5.74, 6) is 1.55. The Labute approximate surface area is 165 Å². The number of rotatable bonds is 16. The van der Waals surface area contributed by atoms with Gasteiger partial charge in [0.15, 0.2) is 0 Å². The van der Waals surface area contributed by atoms with Gasteiger partial charge in [0.2, 0.25) is 0 Å². The quantitative estimate of drug-likeness (QED) is 0.188. The molecule has 3 nitrogen and oxygen atoms in total. The molecule has 0 saturated carbocycles. The van der Waals surface area contributed by atoms with Crippen molar-refractivity contribution >= 4 is 5.96 Å². The zero-order valence-electron chi connectivity index (χ0n) is 19.2. The zero-order chi connectivity index (χ0) is 19.6. The Morgan fingerprint density at radius 2 is 0.808 bits per heavy atom. The molecule has 156 valence electrons. The van der Waals surface area contributed by atoms with Crippen molar-refractivity contribution in [1.82, 2.24) is 9.80 Å². The van der Waals surface area contributed by atoms with Crippen molar-refractivity contribution in [2.75, 3.05) is 39.3 Å². The molecule has 0 N–H and O–H groups in total. The van der Waals surface area contributed by atoms with E-state index in [-0.39, 0.29) is 0 Å². The summed E-state index contributed by atoms with van der Waals surface area (Å²) in [5.41, 5.74) is 0. The zero-order valence-corrected chi connectivity index (χ0v) is 19.2. The van der Waals surface area contributed by atoms with Gasteiger partial charge in [-0.2, -0.15) is 0 Å². The lowest BCUT2D eigenvalue weighted by Gasteiger charge is -2.31. The largest absolute Gasteiger partial charge is 0.350 e. The molecule has 0 aromatic heterocycles. The lowest BCUT2D eigenvalue weighted by molar-refractivity contribution is -0.538. The summed E-state index contributed by atoms with van der Waals surface area (Å²) in [6.07, 6.45) is 12.8. The molecule has 0 bridgehead atoms. The molecule has 0 fully saturated rings. The predicted molar refractivity (Wildman–Crippen MR) is 118 cm³/mol. The predicted octanol–water partition coefficient (Wildman–Crippen LogP) is 5.98. The fourth-order valence-electron chi connectivity index (χ4n) is 3.47. The van der Waals surface area contributed by atoms with E-state index < -0.39 is 0 Å². The van der Waals surface area contributed by atoms with E-state index in [9.17, 15) is 0 Å². The van der Waals surface area contributed by atoms with Crippen LogP contribution in [-0.2, 0) is 0 Å². The second-order valence-corrected chi connectivity index (χ2v) is 7.68. The van der Waals surface area contributed by atoms with Crippen molar-refractivity contribution in [3.8, 4) is 0 Å². The topological polar surface area (TPSA) is 9.49 Å². The first-order valence-corrected chi connectivity index (χ1v) is 11.8. The summed E-state index contributed by atoms with van der Waals surface area (Å²) in [4.78, 5) is 5.48. The van der Waals surface area contributed by atoms with Crippen molar-refractivity contribution in [3.05, 3.63) is 0 Å². The Morgan fingerprint density at radius 3 is 1.04 bits per heavy atom. The number of guanidine groups is 1. The second kappa shape index (κ2) is 17.7. The molecule has 0 atom stereocenters. The van der Waals surface area contributed by atoms with Crippen LogP contribution in [0.15, 0.2) is 0 Å². The van der Waals surface area contributed by atoms with Gasteiger partial charge in [-0.3, -0.25) is 14.4 Å². The normalized spacial score (nSPS) is 10.8. The highest BCUT2D eigenvalue weighted by Gasteiger charge is 2.28. The number of nitrogens with zero attached hydrogens (tertiary/aromatic N) is 3. The molecule has 0 saturated heterocycles. The third-order valence-corrected chi connectivity index (χ3v) is 4.96. The highest BCUT2D eigenvalue weighted by molar-refractivity contribution is 5.75. The molecule has 0 aromatic rings. The van der Waals surface area contributed by atoms with Gasteiger partial charge in [0, 0.05) is 0 Å². The molecule has 0 rings (SSSR count). The molecule has 0 aliphatic heterocycles. The van der Waals surface area contributed by atoms with E-state index in [0.29, 0.717) is 0 Å². The minimum absolute atomic E-state index is 1.19. The van der Waals surface area contributed by atoms with Crippen LogP contribution in [0.2, 0.25) is 0 Å². The molecule has 0 aromatic carbocycles. The monoisotopic (exact) mass is 368 g/mol. The van der Waals surface area contributed by atoms with Gasteiger partial charge < -0.3 is 0 Å². The highest BCUT2D eigenvalue weighted by atomic mass is 15.4. The van der Waals surface area contributed by atoms with Crippen molar-refractivity contribution in [2.45, 2.75) is 106 Å². The number of hydrogen-bond donors (Lipinski definition) is 0. The van der Waals surface area contributed by atoms with Gasteiger partial charge in [-0.05, 0) is 38.5 Å². The van der Waals surface area contributed by atoms with Crippen molar-refractivity contribution < 1.29 is 4.58 Å². The smallest absolute Gasteiger partial charge is 0.265 e. The summed E-state index contributed by atoms with van der Waals surface area (Å²) in [6, 6.07) is 0. The molecule has 0 unspecified atom stereocenters. The van der Waals surface area contributed by atoms with Gasteiger partial charge in [0.1, 0.15) is 0 Å². The first-order chi connectivity index (χ1) is 12.7. The van der Waals surface area contributed by atoms with Crippen LogP contribution < -0.4 is 0 Å².